The van der Waals surface area contributed by atoms with E-state index >= 15 is 0 Å². The average molecular weight is 250 g/mol. The molecule has 0 amide bonds. The van der Waals surface area contributed by atoms with Crippen molar-refractivity contribution in [1.29, 1.82) is 0 Å². The van der Waals surface area contributed by atoms with Gasteiger partial charge in [0, 0.05) is 13.1 Å². The summed E-state index contributed by atoms with van der Waals surface area (Å²) < 4.78 is 0. The van der Waals surface area contributed by atoms with Gasteiger partial charge in [-0.3, -0.25) is 10.1 Å². The van der Waals surface area contributed by atoms with E-state index in [-0.39, 0.29) is 5.69 Å². The molecular weight excluding hydrogens is 232 g/mol. The number of hydrogen-bond donors (Lipinski definition) is 0. The molecule has 0 bridgehead atoms. The Balaban J connectivity index is 2.04. The lowest BCUT2D eigenvalue weighted by Crippen LogP contribution is -2.35. The summed E-state index contributed by atoms with van der Waals surface area (Å²) >= 11 is 0. The van der Waals surface area contributed by atoms with Crippen molar-refractivity contribution < 1.29 is 4.92 Å². The van der Waals surface area contributed by atoms with Crippen LogP contribution in [0, 0.1) is 16.0 Å². The highest BCUT2D eigenvalue weighted by Gasteiger charge is 2.23. The summed E-state index contributed by atoms with van der Waals surface area (Å²) in [6, 6.07) is 0.447. The maximum atomic E-state index is 10.5. The number of aromatic nitrogens is 2. The van der Waals surface area contributed by atoms with E-state index in [2.05, 4.69) is 16.9 Å². The zero-order valence-corrected chi connectivity index (χ0v) is 10.7. The SMILES string of the molecule is CC1CCC(N(C)c2ncc([N+](=O)[O-])cn2)CC1. The highest BCUT2D eigenvalue weighted by atomic mass is 16.6. The molecule has 1 aromatic rings. The van der Waals surface area contributed by atoms with Crippen LogP contribution in [-0.2, 0) is 0 Å². The Morgan fingerprint density at radius 3 is 2.33 bits per heavy atom. The molecule has 0 unspecified atom stereocenters. The molecule has 0 N–H and O–H groups in total. The second-order valence-electron chi connectivity index (χ2n) is 5.02. The first-order valence-corrected chi connectivity index (χ1v) is 6.27. The van der Waals surface area contributed by atoms with Gasteiger partial charge in [-0.1, -0.05) is 6.92 Å². The van der Waals surface area contributed by atoms with Crippen LogP contribution in [-0.4, -0.2) is 28.0 Å². The van der Waals surface area contributed by atoms with Crippen molar-refractivity contribution in [2.45, 2.75) is 38.6 Å². The summed E-state index contributed by atoms with van der Waals surface area (Å²) in [6.45, 7) is 2.28. The van der Waals surface area contributed by atoms with E-state index < -0.39 is 4.92 Å². The molecule has 1 aliphatic carbocycles. The van der Waals surface area contributed by atoms with Crippen LogP contribution >= 0.6 is 0 Å². The van der Waals surface area contributed by atoms with Crippen LogP contribution in [0.5, 0.6) is 0 Å². The van der Waals surface area contributed by atoms with E-state index in [1.54, 1.807) is 0 Å². The van der Waals surface area contributed by atoms with Crippen molar-refractivity contribution in [3.8, 4) is 0 Å². The molecule has 1 aromatic heterocycles. The summed E-state index contributed by atoms with van der Waals surface area (Å²) in [7, 11) is 1.96. The van der Waals surface area contributed by atoms with Gasteiger partial charge in [0.25, 0.3) is 0 Å². The van der Waals surface area contributed by atoms with Crippen LogP contribution in [0.3, 0.4) is 0 Å². The molecule has 6 nitrogen and oxygen atoms in total. The molecule has 0 aromatic carbocycles. The standard InChI is InChI=1S/C12H18N4O2/c1-9-3-5-10(6-4-9)15(2)12-13-7-11(8-14-12)16(17)18/h7-10H,3-6H2,1-2H3. The number of hydrogen-bond acceptors (Lipinski definition) is 5. The molecule has 1 fully saturated rings. The lowest BCUT2D eigenvalue weighted by atomic mass is 9.87. The van der Waals surface area contributed by atoms with Gasteiger partial charge >= 0.3 is 5.69 Å². The smallest absolute Gasteiger partial charge is 0.305 e. The fourth-order valence-electron chi connectivity index (χ4n) is 2.38. The number of nitro groups is 1. The van der Waals surface area contributed by atoms with E-state index in [0.29, 0.717) is 12.0 Å². The maximum Gasteiger partial charge on any atom is 0.305 e. The molecule has 2 rings (SSSR count). The predicted octanol–water partition coefficient (Wildman–Crippen LogP) is 2.40. The van der Waals surface area contributed by atoms with E-state index in [4.69, 9.17) is 0 Å². The molecular formula is C12H18N4O2. The Morgan fingerprint density at radius 1 is 1.28 bits per heavy atom. The minimum Gasteiger partial charge on any atom is -0.341 e. The highest BCUT2D eigenvalue weighted by Crippen LogP contribution is 2.28. The quantitative estimate of drug-likeness (QED) is 0.608. The van der Waals surface area contributed by atoms with Crippen LogP contribution in [0.1, 0.15) is 32.6 Å². The number of anilines is 1. The van der Waals surface area contributed by atoms with Crippen molar-refractivity contribution in [3.05, 3.63) is 22.5 Å². The van der Waals surface area contributed by atoms with Crippen molar-refractivity contribution in [3.63, 3.8) is 0 Å². The molecule has 98 valence electrons. The molecule has 18 heavy (non-hydrogen) atoms. The first-order valence-electron chi connectivity index (χ1n) is 6.27. The largest absolute Gasteiger partial charge is 0.341 e. The number of rotatable bonds is 3. The molecule has 1 heterocycles. The van der Waals surface area contributed by atoms with E-state index in [9.17, 15) is 10.1 Å². The fraction of sp³-hybridized carbons (Fsp3) is 0.667. The third-order valence-corrected chi connectivity index (χ3v) is 3.68. The molecule has 1 aliphatic rings. The van der Waals surface area contributed by atoms with Crippen molar-refractivity contribution >= 4 is 11.6 Å². The summed E-state index contributed by atoms with van der Waals surface area (Å²) in [6.07, 6.45) is 7.26. The highest BCUT2D eigenvalue weighted by molar-refractivity contribution is 5.34. The lowest BCUT2D eigenvalue weighted by molar-refractivity contribution is -0.385. The van der Waals surface area contributed by atoms with E-state index in [1.165, 1.54) is 25.2 Å². The van der Waals surface area contributed by atoms with Crippen molar-refractivity contribution in [2.24, 2.45) is 5.92 Å². The van der Waals surface area contributed by atoms with Crippen LogP contribution in [0.2, 0.25) is 0 Å². The third kappa shape index (κ3) is 2.75. The normalized spacial score (nSPS) is 23.7. The summed E-state index contributed by atoms with van der Waals surface area (Å²) in [5.41, 5.74) is -0.0654. The predicted molar refractivity (Wildman–Crippen MR) is 68.5 cm³/mol. The van der Waals surface area contributed by atoms with Gasteiger partial charge in [0.15, 0.2) is 0 Å². The molecule has 0 atom stereocenters. The van der Waals surface area contributed by atoms with E-state index in [1.807, 2.05) is 11.9 Å². The summed E-state index contributed by atoms with van der Waals surface area (Å²) in [5, 5.41) is 10.5. The van der Waals surface area contributed by atoms with Crippen molar-refractivity contribution in [2.75, 3.05) is 11.9 Å². The van der Waals surface area contributed by atoms with E-state index in [0.717, 1.165) is 18.8 Å². The zero-order valence-electron chi connectivity index (χ0n) is 10.7. The van der Waals surface area contributed by atoms with Crippen molar-refractivity contribution in [1.82, 2.24) is 9.97 Å². The molecule has 1 saturated carbocycles. The van der Waals surface area contributed by atoms with Gasteiger partial charge in [-0.2, -0.15) is 0 Å². The lowest BCUT2D eigenvalue weighted by Gasteiger charge is -2.33. The first-order chi connectivity index (χ1) is 8.58. The van der Waals surface area contributed by atoms with Gasteiger partial charge in [0.05, 0.1) is 4.92 Å². The second-order valence-corrected chi connectivity index (χ2v) is 5.02. The van der Waals surface area contributed by atoms with Gasteiger partial charge in [0.2, 0.25) is 5.95 Å². The second kappa shape index (κ2) is 5.29. The van der Waals surface area contributed by atoms with Crippen LogP contribution < -0.4 is 4.90 Å². The minimum absolute atomic E-state index is 0.0654. The zero-order chi connectivity index (χ0) is 13.1. The van der Waals surface area contributed by atoms with Crippen LogP contribution in [0.15, 0.2) is 12.4 Å². The van der Waals surface area contributed by atoms with Gasteiger partial charge in [0.1, 0.15) is 12.4 Å². The molecule has 0 radical (unpaired) electrons. The Kier molecular flexibility index (Phi) is 3.74. The first kappa shape index (κ1) is 12.7. The van der Waals surface area contributed by atoms with Gasteiger partial charge in [-0.25, -0.2) is 9.97 Å². The fourth-order valence-corrected chi connectivity index (χ4v) is 2.38. The molecule has 0 aliphatic heterocycles. The number of nitrogens with zero attached hydrogens (tertiary/aromatic N) is 4. The van der Waals surface area contributed by atoms with Gasteiger partial charge < -0.3 is 4.90 Å². The topological polar surface area (TPSA) is 72.2 Å². The Labute approximate surface area is 106 Å². The average Bonchev–Trinajstić information content (AvgIpc) is 2.39. The Hall–Kier alpha value is -1.72. The van der Waals surface area contributed by atoms with Gasteiger partial charge in [-0.05, 0) is 31.6 Å². The molecule has 0 saturated heterocycles. The monoisotopic (exact) mass is 250 g/mol. The molecule has 6 heteroatoms. The van der Waals surface area contributed by atoms with Gasteiger partial charge in [-0.15, -0.1) is 0 Å². The maximum absolute atomic E-state index is 10.5. The van der Waals surface area contributed by atoms with Crippen LogP contribution in [0.25, 0.3) is 0 Å². The Morgan fingerprint density at radius 2 is 1.83 bits per heavy atom. The molecule has 0 spiro atoms. The Bertz CT molecular complexity index is 413. The third-order valence-electron chi connectivity index (χ3n) is 3.68. The minimum atomic E-state index is -0.480. The summed E-state index contributed by atoms with van der Waals surface area (Å²) in [4.78, 5) is 20.2. The summed E-state index contributed by atoms with van der Waals surface area (Å²) in [5.74, 6) is 1.37. The van der Waals surface area contributed by atoms with Crippen LogP contribution in [0.4, 0.5) is 11.6 Å².